The zero-order chi connectivity index (χ0) is 55.2. The number of thioether (sulfide) groups is 1. The van der Waals surface area contributed by atoms with Crippen LogP contribution in [-0.4, -0.2) is 159 Å². The first-order valence-electron chi connectivity index (χ1n) is 25.2. The molecule has 2 fully saturated rings. The Kier molecular flexibility index (Phi) is 21.8. The molecule has 412 valence electrons. The largest absolute Gasteiger partial charge is 0.493 e. The van der Waals surface area contributed by atoms with Gasteiger partial charge in [-0.2, -0.15) is 0 Å². The molecular formula is C52H72N6O15S2. The van der Waals surface area contributed by atoms with Gasteiger partial charge in [-0.3, -0.25) is 33.6 Å². The molecule has 2 aromatic carbocycles. The second-order valence-electron chi connectivity index (χ2n) is 19.7. The Hall–Kier alpha value is -5.88. The number of nitrogens with zero attached hydrogens (tertiary/aromatic N) is 2. The number of esters is 1. The fraction of sp³-hybridized carbons (Fsp3) is 0.577. The van der Waals surface area contributed by atoms with E-state index in [0.717, 1.165) is 10.5 Å². The lowest BCUT2D eigenvalue weighted by molar-refractivity contribution is -0.166. The summed E-state index contributed by atoms with van der Waals surface area (Å²) in [6.07, 6.45) is 2.34. The Bertz CT molecular complexity index is 2570. The number of sulfonamides is 1. The van der Waals surface area contributed by atoms with E-state index in [2.05, 4.69) is 16.0 Å². The van der Waals surface area contributed by atoms with Crippen LogP contribution in [0.25, 0.3) is 0 Å². The van der Waals surface area contributed by atoms with Crippen molar-refractivity contribution in [1.29, 1.82) is 0 Å². The third kappa shape index (κ3) is 16.3. The molecule has 0 spiro atoms. The maximum Gasteiger partial charge on any atom is 0.329 e. The number of likely N-dealkylation sites (tertiary alicyclic amines) is 1. The van der Waals surface area contributed by atoms with E-state index in [1.807, 2.05) is 24.6 Å². The number of allylic oxidation sites excluding steroid dienone is 1. The van der Waals surface area contributed by atoms with Crippen molar-refractivity contribution in [2.75, 3.05) is 58.1 Å². The standard InChI is InChI=1S/C52H72N6O15S2/c1-9-52(5,6)47(63)50(66)57-21-11-10-15-40(57)51(67)73-37(18-16-34-17-19-43(70-7)44(24-34)71-8)29-72-30-45(62)53-20-22-75(68,69)56-48(64)35-13-12-14-36(25-35)55-49(65)39-26-38(27-54-39)74-46-32(3)41(23-31(2)60)58(33(4)61)42(46)28-59/h12-14,17,19,24-25,28,31-32,37-41,54,60H,9-11,15-16,18,20-23,26-27,29-30H2,1-8H3,(H,53,62)(H,55,65)(H,56,64)/t31-,32-,37-,38+,39+,40+,41+/m1/s1. The number of anilines is 1. The molecule has 0 bridgehead atoms. The number of aryl methyl sites for hydroxylation is 1. The van der Waals surface area contributed by atoms with Crippen molar-refractivity contribution in [3.05, 3.63) is 64.2 Å². The number of hydrogen-bond acceptors (Lipinski definition) is 17. The molecule has 3 aliphatic heterocycles. The molecule has 5 rings (SSSR count). The minimum Gasteiger partial charge on any atom is -0.493 e. The molecule has 7 atom stereocenters. The minimum atomic E-state index is -4.28. The number of aliphatic hydroxyl groups is 1. The second kappa shape index (κ2) is 27.3. The van der Waals surface area contributed by atoms with E-state index in [0.29, 0.717) is 69.3 Å². The normalized spacial score (nSPS) is 20.7. The molecule has 0 saturated carbocycles. The maximum atomic E-state index is 13.8. The van der Waals surface area contributed by atoms with E-state index in [-0.39, 0.29) is 59.6 Å². The van der Waals surface area contributed by atoms with Gasteiger partial charge in [-0.15, -0.1) is 11.8 Å². The fourth-order valence-corrected chi connectivity index (χ4v) is 11.4. The van der Waals surface area contributed by atoms with E-state index in [1.165, 1.54) is 67.0 Å². The summed E-state index contributed by atoms with van der Waals surface area (Å²) < 4.78 is 50.3. The molecule has 75 heavy (non-hydrogen) atoms. The molecule has 5 N–H and O–H groups in total. The van der Waals surface area contributed by atoms with Gasteiger partial charge in [0.1, 0.15) is 18.8 Å². The molecule has 2 aromatic rings. The Morgan fingerprint density at radius 1 is 1.03 bits per heavy atom. The lowest BCUT2D eigenvalue weighted by Gasteiger charge is -2.36. The summed E-state index contributed by atoms with van der Waals surface area (Å²) >= 11 is 1.42. The second-order valence-corrected chi connectivity index (χ2v) is 22.9. The number of hydrogen-bond donors (Lipinski definition) is 5. The number of rotatable bonds is 26. The number of aldehydes is 1. The van der Waals surface area contributed by atoms with Crippen LogP contribution in [0.15, 0.2) is 53.1 Å². The first kappa shape index (κ1) is 60.0. The molecule has 0 unspecified atom stereocenters. The average Bonchev–Trinajstić information content (AvgIpc) is 3.96. The highest BCUT2D eigenvalue weighted by molar-refractivity contribution is 8.03. The number of aliphatic hydroxyl groups excluding tert-OH is 1. The van der Waals surface area contributed by atoms with E-state index < -0.39 is 94.0 Å². The lowest BCUT2D eigenvalue weighted by Crippen LogP contribution is -2.53. The summed E-state index contributed by atoms with van der Waals surface area (Å²) in [4.78, 5) is 108. The zero-order valence-electron chi connectivity index (χ0n) is 43.9. The number of methoxy groups -OCH3 is 2. The fourth-order valence-electron chi connectivity index (χ4n) is 9.11. The number of amides is 5. The van der Waals surface area contributed by atoms with Crippen LogP contribution in [0.3, 0.4) is 0 Å². The van der Waals surface area contributed by atoms with Gasteiger partial charge in [-0.1, -0.05) is 39.8 Å². The van der Waals surface area contributed by atoms with E-state index in [1.54, 1.807) is 32.9 Å². The van der Waals surface area contributed by atoms with E-state index in [4.69, 9.17) is 18.9 Å². The molecule has 21 nitrogen and oxygen atoms in total. The third-order valence-electron chi connectivity index (χ3n) is 13.7. The van der Waals surface area contributed by atoms with Gasteiger partial charge >= 0.3 is 5.97 Å². The summed E-state index contributed by atoms with van der Waals surface area (Å²) in [7, 11) is -1.27. The van der Waals surface area contributed by atoms with Gasteiger partial charge in [-0.05, 0) is 94.2 Å². The molecule has 23 heteroatoms. The Balaban J connectivity index is 1.11. The molecule has 5 amide bonds. The Morgan fingerprint density at radius 2 is 1.76 bits per heavy atom. The van der Waals surface area contributed by atoms with Crippen LogP contribution in [0.1, 0.15) is 102 Å². The summed E-state index contributed by atoms with van der Waals surface area (Å²) in [6, 6.07) is 9.02. The summed E-state index contributed by atoms with van der Waals surface area (Å²) in [5, 5.41) is 18.3. The Morgan fingerprint density at radius 3 is 2.43 bits per heavy atom. The van der Waals surface area contributed by atoms with Crippen molar-refractivity contribution >= 4 is 75.0 Å². The van der Waals surface area contributed by atoms with Gasteiger partial charge in [0.2, 0.25) is 33.5 Å². The number of Topliss-reactive ketones (excluding diaryl/α,β-unsaturated/α-hetero) is 1. The molecule has 2 saturated heterocycles. The summed E-state index contributed by atoms with van der Waals surface area (Å²) in [5.41, 5.74) is 0.339. The molecule has 3 heterocycles. The number of ketones is 1. The van der Waals surface area contributed by atoms with Gasteiger partial charge in [0.25, 0.3) is 11.8 Å². The highest BCUT2D eigenvalue weighted by atomic mass is 32.2. The van der Waals surface area contributed by atoms with Gasteiger partial charge in [0.15, 0.2) is 17.8 Å². The van der Waals surface area contributed by atoms with Gasteiger partial charge in [0.05, 0.1) is 44.4 Å². The molecular weight excluding hydrogens is 1010 g/mol. The van der Waals surface area contributed by atoms with E-state index >= 15 is 0 Å². The van der Waals surface area contributed by atoms with Crippen LogP contribution in [0, 0.1) is 11.3 Å². The predicted molar refractivity (Wildman–Crippen MR) is 279 cm³/mol. The quantitative estimate of drug-likeness (QED) is 0.0513. The van der Waals surface area contributed by atoms with Gasteiger partial charge in [-0.25, -0.2) is 17.9 Å². The van der Waals surface area contributed by atoms with Crippen LogP contribution in [-0.2, 0) is 59.5 Å². The predicted octanol–water partition coefficient (Wildman–Crippen LogP) is 3.28. The van der Waals surface area contributed by atoms with Gasteiger partial charge < -0.3 is 49.8 Å². The highest BCUT2D eigenvalue weighted by Gasteiger charge is 2.44. The van der Waals surface area contributed by atoms with E-state index in [9.17, 15) is 51.9 Å². The maximum absolute atomic E-state index is 13.8. The zero-order valence-corrected chi connectivity index (χ0v) is 45.6. The number of nitrogens with one attached hydrogen (secondary N) is 4. The topological polar surface area (TPSA) is 282 Å². The van der Waals surface area contributed by atoms with Crippen molar-refractivity contribution in [3.8, 4) is 11.5 Å². The number of benzene rings is 2. The SMILES string of the molecule is CCC(C)(C)C(=O)C(=O)N1CCCC[C@H]1C(=O)O[C@H](CCc1ccc(OC)c(OC)c1)COCC(=O)NCCS(=O)(=O)NC(=O)c1cccc(NC(=O)[C@@H]2C[C@H](SC3=C(C=O)N(C(C)=O)[C@@H](C[C@@H](C)O)[C@H]3C)CN2)c1. The third-order valence-corrected chi connectivity index (χ3v) is 16.4. The van der Waals surface area contributed by atoms with Crippen molar-refractivity contribution in [2.24, 2.45) is 11.3 Å². The summed E-state index contributed by atoms with van der Waals surface area (Å²) in [5.74, 6) is -4.27. The monoisotopic (exact) mass is 1080 g/mol. The molecule has 0 aromatic heterocycles. The van der Waals surface area contributed by atoms with Crippen LogP contribution < -0.4 is 30.1 Å². The first-order valence-corrected chi connectivity index (χ1v) is 27.7. The van der Waals surface area contributed by atoms with Crippen LogP contribution in [0.5, 0.6) is 11.5 Å². The van der Waals surface area contributed by atoms with Crippen LogP contribution >= 0.6 is 11.8 Å². The van der Waals surface area contributed by atoms with Crippen LogP contribution in [0.4, 0.5) is 5.69 Å². The number of piperidine rings is 1. The van der Waals surface area contributed by atoms with Crippen molar-refractivity contribution in [3.63, 3.8) is 0 Å². The van der Waals surface area contributed by atoms with Crippen molar-refractivity contribution in [1.82, 2.24) is 25.2 Å². The average molecular weight is 1090 g/mol. The molecule has 3 aliphatic rings. The van der Waals surface area contributed by atoms with Crippen molar-refractivity contribution in [2.45, 2.75) is 128 Å². The number of ether oxygens (including phenoxy) is 4. The lowest BCUT2D eigenvalue weighted by atomic mass is 9.84. The van der Waals surface area contributed by atoms with Gasteiger partial charge in [0, 0.05) is 65.3 Å². The first-order chi connectivity index (χ1) is 35.5. The highest BCUT2D eigenvalue weighted by Crippen LogP contribution is 2.44. The van der Waals surface area contributed by atoms with Crippen molar-refractivity contribution < 1.29 is 70.8 Å². The summed E-state index contributed by atoms with van der Waals surface area (Å²) in [6.45, 7) is 9.56. The number of carbonyl (C=O) groups is 8. The minimum absolute atomic E-state index is 0.0648. The Labute approximate surface area is 443 Å². The molecule has 0 aliphatic carbocycles. The van der Waals surface area contributed by atoms with Crippen LogP contribution in [0.2, 0.25) is 0 Å². The number of carbonyl (C=O) groups excluding carboxylic acids is 8. The smallest absolute Gasteiger partial charge is 0.329 e. The molecule has 0 radical (unpaired) electrons.